The molecular weight excluding hydrogens is 442 g/mol. The molecule has 2 aromatic carbocycles. The lowest BCUT2D eigenvalue weighted by atomic mass is 10.2. The number of amides is 1. The highest BCUT2D eigenvalue weighted by molar-refractivity contribution is 6.31. The molecule has 0 radical (unpaired) electrons. The molecule has 32 heavy (non-hydrogen) atoms. The minimum absolute atomic E-state index is 0.0467. The standard InChI is InChI=1S/C20H18ClN5O6/c1-12-7-16(3-4-18(12)21)32-17-10-14(9-15(11-17)25(28)29)22-20(27)5-6-24-13(2)8-19(23-24)26(30)31/h3-4,7-11H,5-6H2,1-2H3,(H,22,27). The Balaban J connectivity index is 1.73. The van der Waals surface area contributed by atoms with E-state index in [2.05, 4.69) is 10.4 Å². The minimum Gasteiger partial charge on any atom is -0.457 e. The molecule has 0 saturated carbocycles. The van der Waals surface area contributed by atoms with Crippen molar-refractivity contribution in [2.75, 3.05) is 5.32 Å². The fourth-order valence-corrected chi connectivity index (χ4v) is 2.99. The zero-order chi connectivity index (χ0) is 23.4. The van der Waals surface area contributed by atoms with E-state index in [4.69, 9.17) is 16.3 Å². The van der Waals surface area contributed by atoms with Gasteiger partial charge in [-0.3, -0.25) is 14.9 Å². The summed E-state index contributed by atoms with van der Waals surface area (Å²) in [7, 11) is 0. The summed E-state index contributed by atoms with van der Waals surface area (Å²) in [5.74, 6) is -0.160. The van der Waals surface area contributed by atoms with Crippen molar-refractivity contribution < 1.29 is 19.4 Å². The van der Waals surface area contributed by atoms with Crippen molar-refractivity contribution in [1.82, 2.24) is 9.78 Å². The van der Waals surface area contributed by atoms with Gasteiger partial charge in [0, 0.05) is 23.6 Å². The fourth-order valence-electron chi connectivity index (χ4n) is 2.88. The van der Waals surface area contributed by atoms with Crippen LogP contribution in [0.25, 0.3) is 0 Å². The van der Waals surface area contributed by atoms with Crippen LogP contribution in [0.2, 0.25) is 5.02 Å². The number of halogens is 1. The minimum atomic E-state index is -0.615. The lowest BCUT2D eigenvalue weighted by Gasteiger charge is -2.10. The maximum Gasteiger partial charge on any atom is 0.390 e. The van der Waals surface area contributed by atoms with Crippen LogP contribution in [0.3, 0.4) is 0 Å². The average Bonchev–Trinajstić information content (AvgIpc) is 3.10. The van der Waals surface area contributed by atoms with Crippen LogP contribution in [0.1, 0.15) is 17.7 Å². The first kappa shape index (κ1) is 22.7. The molecule has 0 unspecified atom stereocenters. The number of nitrogens with zero attached hydrogens (tertiary/aromatic N) is 4. The Kier molecular flexibility index (Phi) is 6.69. The molecular formula is C20H18ClN5O6. The molecule has 1 heterocycles. The molecule has 1 amide bonds. The number of aryl methyl sites for hydroxylation is 3. The Labute approximate surface area is 186 Å². The van der Waals surface area contributed by atoms with Crippen molar-refractivity contribution in [3.8, 4) is 11.5 Å². The van der Waals surface area contributed by atoms with Gasteiger partial charge in [-0.2, -0.15) is 4.68 Å². The number of ether oxygens (including phenoxy) is 1. The third kappa shape index (κ3) is 5.58. The zero-order valence-electron chi connectivity index (χ0n) is 17.1. The molecule has 0 saturated heterocycles. The monoisotopic (exact) mass is 459 g/mol. The lowest BCUT2D eigenvalue weighted by molar-refractivity contribution is -0.389. The topological polar surface area (TPSA) is 142 Å². The zero-order valence-corrected chi connectivity index (χ0v) is 17.8. The molecule has 3 rings (SSSR count). The molecule has 166 valence electrons. The Morgan fingerprint density at radius 1 is 1.09 bits per heavy atom. The largest absolute Gasteiger partial charge is 0.457 e. The van der Waals surface area contributed by atoms with Gasteiger partial charge in [0.1, 0.15) is 11.5 Å². The lowest BCUT2D eigenvalue weighted by Crippen LogP contribution is -2.15. The molecule has 0 spiro atoms. The molecule has 0 atom stereocenters. The van der Waals surface area contributed by atoms with Gasteiger partial charge in [-0.05, 0) is 42.5 Å². The summed E-state index contributed by atoms with van der Waals surface area (Å²) in [4.78, 5) is 33.3. The van der Waals surface area contributed by atoms with E-state index in [1.165, 1.54) is 28.9 Å². The number of carbonyl (C=O) groups excluding carboxylic acids is 1. The number of hydrogen-bond acceptors (Lipinski definition) is 7. The van der Waals surface area contributed by atoms with E-state index < -0.39 is 15.8 Å². The Morgan fingerprint density at radius 2 is 1.84 bits per heavy atom. The van der Waals surface area contributed by atoms with Gasteiger partial charge in [0.15, 0.2) is 0 Å². The van der Waals surface area contributed by atoms with Crippen LogP contribution in [0, 0.1) is 34.1 Å². The van der Waals surface area contributed by atoms with Crippen LogP contribution >= 0.6 is 11.6 Å². The van der Waals surface area contributed by atoms with Crippen LogP contribution in [-0.2, 0) is 11.3 Å². The van der Waals surface area contributed by atoms with E-state index in [1.807, 2.05) is 0 Å². The van der Waals surface area contributed by atoms with E-state index in [9.17, 15) is 25.0 Å². The van der Waals surface area contributed by atoms with Gasteiger partial charge in [0.05, 0.1) is 40.1 Å². The summed E-state index contributed by atoms with van der Waals surface area (Å²) >= 11 is 6.00. The van der Waals surface area contributed by atoms with Crippen molar-refractivity contribution in [3.05, 3.63) is 79.0 Å². The molecule has 0 aliphatic rings. The Hall–Kier alpha value is -3.99. The molecule has 0 fully saturated rings. The first-order valence-corrected chi connectivity index (χ1v) is 9.72. The van der Waals surface area contributed by atoms with Crippen LogP contribution in [0.5, 0.6) is 11.5 Å². The summed E-state index contributed by atoms with van der Waals surface area (Å²) < 4.78 is 7.05. The van der Waals surface area contributed by atoms with E-state index >= 15 is 0 Å². The highest BCUT2D eigenvalue weighted by Crippen LogP contribution is 2.31. The first-order valence-electron chi connectivity index (χ1n) is 9.34. The van der Waals surface area contributed by atoms with Crippen LogP contribution in [0.15, 0.2) is 42.5 Å². The number of non-ortho nitro benzene ring substituents is 1. The second-order valence-corrected chi connectivity index (χ2v) is 7.32. The molecule has 1 N–H and O–H groups in total. The average molecular weight is 460 g/mol. The second-order valence-electron chi connectivity index (χ2n) is 6.91. The van der Waals surface area contributed by atoms with E-state index in [0.717, 1.165) is 5.56 Å². The van der Waals surface area contributed by atoms with Crippen molar-refractivity contribution in [2.45, 2.75) is 26.8 Å². The van der Waals surface area contributed by atoms with Crippen LogP contribution in [-0.4, -0.2) is 25.5 Å². The SMILES string of the molecule is Cc1cc(Oc2cc(NC(=O)CCn3nc([N+](=O)[O-])cc3C)cc([N+](=O)[O-])c2)ccc1Cl. The van der Waals surface area contributed by atoms with Gasteiger partial charge in [-0.1, -0.05) is 11.6 Å². The predicted molar refractivity (Wildman–Crippen MR) is 116 cm³/mol. The molecule has 0 aliphatic carbocycles. The molecule has 0 bridgehead atoms. The van der Waals surface area contributed by atoms with Gasteiger partial charge in [0.25, 0.3) is 5.69 Å². The van der Waals surface area contributed by atoms with Gasteiger partial charge < -0.3 is 20.2 Å². The van der Waals surface area contributed by atoms with Gasteiger partial charge in [0.2, 0.25) is 5.91 Å². The number of nitrogens with one attached hydrogen (secondary N) is 1. The highest BCUT2D eigenvalue weighted by Gasteiger charge is 2.17. The Morgan fingerprint density at radius 3 is 2.47 bits per heavy atom. The number of nitro benzene ring substituents is 1. The van der Waals surface area contributed by atoms with Crippen molar-refractivity contribution in [3.63, 3.8) is 0 Å². The van der Waals surface area contributed by atoms with Crippen molar-refractivity contribution >= 4 is 34.7 Å². The highest BCUT2D eigenvalue weighted by atomic mass is 35.5. The number of aromatic nitrogens is 2. The van der Waals surface area contributed by atoms with Gasteiger partial charge in [-0.25, -0.2) is 0 Å². The van der Waals surface area contributed by atoms with Crippen molar-refractivity contribution in [1.29, 1.82) is 0 Å². The van der Waals surface area contributed by atoms with E-state index in [-0.39, 0.29) is 35.9 Å². The summed E-state index contributed by atoms with van der Waals surface area (Å²) in [5.41, 5.74) is 1.22. The molecule has 11 nitrogen and oxygen atoms in total. The van der Waals surface area contributed by atoms with Crippen molar-refractivity contribution in [2.24, 2.45) is 0 Å². The molecule has 3 aromatic rings. The maximum absolute atomic E-state index is 12.4. The quantitative estimate of drug-likeness (QED) is 0.376. The van der Waals surface area contributed by atoms with Gasteiger partial charge >= 0.3 is 5.82 Å². The normalized spacial score (nSPS) is 10.6. The summed E-state index contributed by atoms with van der Waals surface area (Å²) in [6.45, 7) is 3.54. The Bertz CT molecular complexity index is 1210. The smallest absolute Gasteiger partial charge is 0.390 e. The van der Waals surface area contributed by atoms with Gasteiger partial charge in [-0.15, -0.1) is 0 Å². The number of carbonyl (C=O) groups is 1. The molecule has 0 aliphatic heterocycles. The third-order valence-corrected chi connectivity index (χ3v) is 4.88. The predicted octanol–water partition coefficient (Wildman–Crippen LogP) is 4.79. The van der Waals surface area contributed by atoms with E-state index in [0.29, 0.717) is 16.5 Å². The second kappa shape index (κ2) is 9.43. The number of hydrogen-bond donors (Lipinski definition) is 1. The van der Waals surface area contributed by atoms with E-state index in [1.54, 1.807) is 32.0 Å². The summed E-state index contributed by atoms with van der Waals surface area (Å²) in [6.07, 6.45) is -0.0467. The number of anilines is 1. The molecule has 12 heteroatoms. The fraction of sp³-hybridized carbons (Fsp3) is 0.200. The van der Waals surface area contributed by atoms with Crippen LogP contribution in [0.4, 0.5) is 17.2 Å². The summed E-state index contributed by atoms with van der Waals surface area (Å²) in [5, 5.41) is 29.1. The third-order valence-electron chi connectivity index (χ3n) is 4.46. The first-order chi connectivity index (χ1) is 15.1. The number of rotatable bonds is 8. The number of benzene rings is 2. The summed E-state index contributed by atoms with van der Waals surface area (Å²) in [6, 6.07) is 10.2. The van der Waals surface area contributed by atoms with Crippen LogP contribution < -0.4 is 10.1 Å². The maximum atomic E-state index is 12.4. The number of nitro groups is 2. The molecule has 1 aromatic heterocycles.